The number of carbonyl (C=O) groups excluding carboxylic acids is 1. The summed E-state index contributed by atoms with van der Waals surface area (Å²) in [5, 5.41) is 6.93. The highest BCUT2D eigenvalue weighted by Crippen LogP contribution is 2.37. The van der Waals surface area contributed by atoms with E-state index in [9.17, 15) is 18.0 Å². The van der Waals surface area contributed by atoms with Crippen LogP contribution in [0.3, 0.4) is 0 Å². The Hall–Kier alpha value is -3.10. The molecule has 0 radical (unpaired) electrons. The SMILES string of the molecule is Cc1nc2c(C)cc(-c3ccccc3C(F)(F)F)nn2c1NC(=O)OC(C)(C)C. The third-order valence-corrected chi connectivity index (χ3v) is 4.07. The molecule has 1 amide bonds. The van der Waals surface area contributed by atoms with Crippen LogP contribution in [0.4, 0.5) is 23.8 Å². The number of imidazole rings is 1. The van der Waals surface area contributed by atoms with Gasteiger partial charge in [0.1, 0.15) is 5.60 Å². The molecule has 0 aliphatic carbocycles. The number of anilines is 1. The van der Waals surface area contributed by atoms with Crippen molar-refractivity contribution in [1.29, 1.82) is 0 Å². The van der Waals surface area contributed by atoms with E-state index in [0.29, 0.717) is 16.9 Å². The van der Waals surface area contributed by atoms with Crippen LogP contribution in [0.15, 0.2) is 30.3 Å². The van der Waals surface area contributed by atoms with Crippen molar-refractivity contribution >= 4 is 17.6 Å². The molecular weight excluding hydrogens is 385 g/mol. The lowest BCUT2D eigenvalue weighted by Crippen LogP contribution is -2.28. The number of hydrogen-bond donors (Lipinski definition) is 1. The van der Waals surface area contributed by atoms with Gasteiger partial charge in [0.05, 0.1) is 17.0 Å². The summed E-state index contributed by atoms with van der Waals surface area (Å²) in [4.78, 5) is 16.6. The number of amides is 1. The van der Waals surface area contributed by atoms with E-state index in [1.807, 2.05) is 0 Å². The first-order valence-corrected chi connectivity index (χ1v) is 8.90. The van der Waals surface area contributed by atoms with Gasteiger partial charge in [0.15, 0.2) is 11.5 Å². The zero-order valence-corrected chi connectivity index (χ0v) is 16.7. The molecular formula is C20H21F3N4O2. The minimum atomic E-state index is -4.52. The van der Waals surface area contributed by atoms with Crippen molar-refractivity contribution in [2.24, 2.45) is 0 Å². The standard InChI is InChI=1S/C20H21F3N4O2/c1-11-10-15(13-8-6-7-9-14(13)20(21,22)23)26-27-16(11)24-12(2)17(27)25-18(28)29-19(3,4)5/h6-10H,1-5H3,(H,25,28). The lowest BCUT2D eigenvalue weighted by molar-refractivity contribution is -0.137. The number of alkyl halides is 3. The summed E-state index contributed by atoms with van der Waals surface area (Å²) < 4.78 is 46.9. The third kappa shape index (κ3) is 4.33. The minimum absolute atomic E-state index is 0.0560. The summed E-state index contributed by atoms with van der Waals surface area (Å²) in [6.07, 6.45) is -5.23. The van der Waals surface area contributed by atoms with E-state index in [0.717, 1.165) is 6.07 Å². The van der Waals surface area contributed by atoms with Crippen molar-refractivity contribution in [2.75, 3.05) is 5.32 Å². The second kappa shape index (κ2) is 7.06. The van der Waals surface area contributed by atoms with Crippen LogP contribution in [0, 0.1) is 13.8 Å². The van der Waals surface area contributed by atoms with Crippen LogP contribution in [0.25, 0.3) is 16.9 Å². The lowest BCUT2D eigenvalue weighted by Gasteiger charge is -2.19. The van der Waals surface area contributed by atoms with Crippen LogP contribution in [-0.4, -0.2) is 26.3 Å². The van der Waals surface area contributed by atoms with Crippen LogP contribution in [-0.2, 0) is 10.9 Å². The third-order valence-electron chi connectivity index (χ3n) is 4.07. The average Bonchev–Trinajstić information content (AvgIpc) is 2.89. The molecule has 1 aromatic carbocycles. The molecule has 0 unspecified atom stereocenters. The molecule has 0 fully saturated rings. The zero-order valence-electron chi connectivity index (χ0n) is 16.7. The van der Waals surface area contributed by atoms with Crippen molar-refractivity contribution in [2.45, 2.75) is 46.4 Å². The quantitative estimate of drug-likeness (QED) is 0.621. The molecule has 3 aromatic rings. The van der Waals surface area contributed by atoms with Crippen molar-refractivity contribution < 1.29 is 22.7 Å². The van der Waals surface area contributed by atoms with E-state index < -0.39 is 23.4 Å². The fourth-order valence-electron chi connectivity index (χ4n) is 2.91. The fraction of sp³-hybridized carbons (Fsp3) is 0.350. The number of hydrogen-bond acceptors (Lipinski definition) is 4. The van der Waals surface area contributed by atoms with E-state index in [4.69, 9.17) is 4.74 Å². The van der Waals surface area contributed by atoms with E-state index in [1.54, 1.807) is 40.7 Å². The molecule has 0 aliphatic rings. The zero-order chi connectivity index (χ0) is 21.6. The summed E-state index contributed by atoms with van der Waals surface area (Å²) in [6.45, 7) is 8.57. The molecule has 2 aromatic heterocycles. The van der Waals surface area contributed by atoms with Crippen LogP contribution >= 0.6 is 0 Å². The molecule has 3 rings (SSSR count). The fourth-order valence-corrected chi connectivity index (χ4v) is 2.91. The predicted molar refractivity (Wildman–Crippen MR) is 103 cm³/mol. The Morgan fingerprint density at radius 1 is 1.14 bits per heavy atom. The predicted octanol–water partition coefficient (Wildman–Crippen LogP) is 5.38. The first-order valence-electron chi connectivity index (χ1n) is 8.90. The Kier molecular flexibility index (Phi) is 5.02. The van der Waals surface area contributed by atoms with Crippen LogP contribution in [0.5, 0.6) is 0 Å². The molecule has 1 N–H and O–H groups in total. The van der Waals surface area contributed by atoms with Gasteiger partial charge in [-0.2, -0.15) is 22.8 Å². The van der Waals surface area contributed by atoms with Gasteiger partial charge in [-0.1, -0.05) is 18.2 Å². The number of nitrogens with one attached hydrogen (secondary N) is 1. The summed E-state index contributed by atoms with van der Waals surface area (Å²) in [7, 11) is 0. The number of rotatable bonds is 2. The summed E-state index contributed by atoms with van der Waals surface area (Å²) in [5.41, 5.74) is 0.0808. The van der Waals surface area contributed by atoms with Crippen molar-refractivity contribution in [3.63, 3.8) is 0 Å². The molecule has 29 heavy (non-hydrogen) atoms. The molecule has 0 saturated carbocycles. The molecule has 154 valence electrons. The number of fused-ring (bicyclic) bond motifs is 1. The highest BCUT2D eigenvalue weighted by Gasteiger charge is 2.34. The molecule has 0 saturated heterocycles. The number of aryl methyl sites for hydroxylation is 2. The number of aromatic nitrogens is 3. The number of carbonyl (C=O) groups is 1. The second-order valence-electron chi connectivity index (χ2n) is 7.66. The van der Waals surface area contributed by atoms with Gasteiger partial charge in [0, 0.05) is 5.56 Å². The highest BCUT2D eigenvalue weighted by atomic mass is 19.4. The van der Waals surface area contributed by atoms with Crippen LogP contribution in [0.1, 0.15) is 37.6 Å². The topological polar surface area (TPSA) is 68.5 Å². The Balaban J connectivity index is 2.14. The van der Waals surface area contributed by atoms with E-state index in [2.05, 4.69) is 15.4 Å². The maximum atomic E-state index is 13.4. The number of halogens is 3. The normalized spacial score (nSPS) is 12.3. The van der Waals surface area contributed by atoms with Gasteiger partial charge in [0.25, 0.3) is 0 Å². The number of benzene rings is 1. The highest BCUT2D eigenvalue weighted by molar-refractivity contribution is 5.85. The molecule has 0 aliphatic heterocycles. The van der Waals surface area contributed by atoms with E-state index in [-0.39, 0.29) is 17.1 Å². The van der Waals surface area contributed by atoms with Crippen LogP contribution < -0.4 is 5.32 Å². The maximum Gasteiger partial charge on any atom is 0.417 e. The Bertz CT molecular complexity index is 1080. The Morgan fingerprint density at radius 3 is 2.41 bits per heavy atom. The van der Waals surface area contributed by atoms with Gasteiger partial charge in [-0.3, -0.25) is 5.32 Å². The first-order chi connectivity index (χ1) is 13.4. The Morgan fingerprint density at radius 2 is 1.79 bits per heavy atom. The van der Waals surface area contributed by atoms with Gasteiger partial charge >= 0.3 is 12.3 Å². The number of ether oxygens (including phenoxy) is 1. The van der Waals surface area contributed by atoms with E-state index >= 15 is 0 Å². The van der Waals surface area contributed by atoms with Crippen molar-refractivity contribution in [3.8, 4) is 11.3 Å². The van der Waals surface area contributed by atoms with Gasteiger partial charge in [-0.15, -0.1) is 0 Å². The molecule has 9 heteroatoms. The molecule has 6 nitrogen and oxygen atoms in total. The number of nitrogens with zero attached hydrogens (tertiary/aromatic N) is 3. The van der Waals surface area contributed by atoms with Gasteiger partial charge in [-0.05, 0) is 52.3 Å². The largest absolute Gasteiger partial charge is 0.444 e. The summed E-state index contributed by atoms with van der Waals surface area (Å²) >= 11 is 0. The van der Waals surface area contributed by atoms with Crippen molar-refractivity contribution in [3.05, 3.63) is 47.2 Å². The molecule has 0 bridgehead atoms. The summed E-state index contributed by atoms with van der Waals surface area (Å²) in [5.74, 6) is 0.240. The molecule has 0 spiro atoms. The lowest BCUT2D eigenvalue weighted by atomic mass is 10.0. The minimum Gasteiger partial charge on any atom is -0.444 e. The van der Waals surface area contributed by atoms with Crippen molar-refractivity contribution in [1.82, 2.24) is 14.6 Å². The van der Waals surface area contributed by atoms with Gasteiger partial charge < -0.3 is 4.74 Å². The smallest absolute Gasteiger partial charge is 0.417 e. The summed E-state index contributed by atoms with van der Waals surface area (Å²) in [6, 6.07) is 6.76. The molecule has 0 atom stereocenters. The van der Waals surface area contributed by atoms with E-state index in [1.165, 1.54) is 22.7 Å². The van der Waals surface area contributed by atoms with Gasteiger partial charge in [0.2, 0.25) is 0 Å². The first kappa shape index (κ1) is 20.6. The second-order valence-corrected chi connectivity index (χ2v) is 7.66. The molecule has 2 heterocycles. The monoisotopic (exact) mass is 406 g/mol. The maximum absolute atomic E-state index is 13.4. The van der Waals surface area contributed by atoms with Crippen LogP contribution in [0.2, 0.25) is 0 Å². The average molecular weight is 406 g/mol. The Labute approximate surface area is 165 Å². The van der Waals surface area contributed by atoms with Gasteiger partial charge in [-0.25, -0.2) is 9.78 Å².